The van der Waals surface area contributed by atoms with Gasteiger partial charge in [-0.1, -0.05) is 43.3 Å². The van der Waals surface area contributed by atoms with Crippen molar-refractivity contribution in [1.82, 2.24) is 5.32 Å². The Morgan fingerprint density at radius 2 is 1.89 bits per heavy atom. The first kappa shape index (κ1) is 19.5. The van der Waals surface area contributed by atoms with E-state index in [4.69, 9.17) is 4.74 Å². The molecule has 1 N–H and O–H groups in total. The van der Waals surface area contributed by atoms with Crippen LogP contribution in [0.3, 0.4) is 0 Å². The third-order valence-corrected chi connectivity index (χ3v) is 5.73. The van der Waals surface area contributed by atoms with Crippen molar-refractivity contribution < 1.29 is 14.3 Å². The predicted octanol–water partition coefficient (Wildman–Crippen LogP) is 3.73. The number of carbonyl (C=O) groups excluding carboxylic acids is 2. The van der Waals surface area contributed by atoms with E-state index >= 15 is 0 Å². The molecule has 0 saturated heterocycles. The molecule has 0 saturated carbocycles. The smallest absolute Gasteiger partial charge is 0.316 e. The highest BCUT2D eigenvalue weighted by Crippen LogP contribution is 2.27. The lowest BCUT2D eigenvalue weighted by Gasteiger charge is -2.13. The molecule has 1 aliphatic carbocycles. The lowest BCUT2D eigenvalue weighted by atomic mass is 10.0. The number of rotatable bonds is 8. The van der Waals surface area contributed by atoms with E-state index in [1.807, 2.05) is 30.3 Å². The van der Waals surface area contributed by atoms with Crippen molar-refractivity contribution in [1.29, 1.82) is 0 Å². The first-order valence-corrected chi connectivity index (χ1v) is 10.3. The van der Waals surface area contributed by atoms with Crippen LogP contribution in [0.25, 0.3) is 0 Å². The molecule has 0 heterocycles. The molecule has 0 unspecified atom stereocenters. The van der Waals surface area contributed by atoms with Gasteiger partial charge in [-0.2, -0.15) is 0 Å². The molecule has 27 heavy (non-hydrogen) atoms. The topological polar surface area (TPSA) is 55.4 Å². The number of ether oxygens (including phenoxy) is 1. The van der Waals surface area contributed by atoms with E-state index in [9.17, 15) is 9.59 Å². The number of nitrogens with one attached hydrogen (secondary N) is 1. The SMILES string of the molecule is C[C@H](CNC(=O)COC(=O)CSc1ccc2c(c1)CCC2)c1ccccc1. The molecule has 4 nitrogen and oxygen atoms in total. The van der Waals surface area contributed by atoms with Crippen molar-refractivity contribution in [2.45, 2.75) is 37.0 Å². The van der Waals surface area contributed by atoms with Gasteiger partial charge in [0.1, 0.15) is 0 Å². The van der Waals surface area contributed by atoms with Gasteiger partial charge in [-0.15, -0.1) is 11.8 Å². The maximum absolute atomic E-state index is 11.9. The first-order valence-electron chi connectivity index (χ1n) is 9.33. The van der Waals surface area contributed by atoms with Gasteiger partial charge in [0.25, 0.3) is 5.91 Å². The van der Waals surface area contributed by atoms with Gasteiger partial charge < -0.3 is 10.1 Å². The number of amides is 1. The van der Waals surface area contributed by atoms with E-state index < -0.39 is 0 Å². The molecule has 2 aromatic rings. The highest BCUT2D eigenvalue weighted by Gasteiger charge is 2.13. The van der Waals surface area contributed by atoms with Gasteiger partial charge in [-0.3, -0.25) is 9.59 Å². The fourth-order valence-corrected chi connectivity index (χ4v) is 3.94. The summed E-state index contributed by atoms with van der Waals surface area (Å²) in [6.45, 7) is 2.34. The second kappa shape index (κ2) is 9.60. The third kappa shape index (κ3) is 5.86. The fraction of sp³-hybridized carbons (Fsp3) is 0.364. The Morgan fingerprint density at radius 1 is 1.11 bits per heavy atom. The minimum absolute atomic E-state index is 0.209. The van der Waals surface area contributed by atoms with Crippen LogP contribution in [0.4, 0.5) is 0 Å². The Morgan fingerprint density at radius 3 is 2.70 bits per heavy atom. The Kier molecular flexibility index (Phi) is 6.93. The number of hydrogen-bond donors (Lipinski definition) is 1. The van der Waals surface area contributed by atoms with Crippen LogP contribution in [0.15, 0.2) is 53.4 Å². The molecule has 0 radical (unpaired) electrons. The van der Waals surface area contributed by atoms with Gasteiger partial charge in [0.05, 0.1) is 5.75 Å². The summed E-state index contributed by atoms with van der Waals surface area (Å²) in [4.78, 5) is 24.9. The Labute approximate surface area is 164 Å². The molecule has 2 aromatic carbocycles. The van der Waals surface area contributed by atoms with E-state index in [0.717, 1.165) is 17.7 Å². The lowest BCUT2D eigenvalue weighted by Crippen LogP contribution is -2.31. The predicted molar refractivity (Wildman–Crippen MR) is 108 cm³/mol. The largest absolute Gasteiger partial charge is 0.455 e. The number of esters is 1. The molecular formula is C22H25NO3S. The van der Waals surface area contributed by atoms with Crippen LogP contribution in [-0.2, 0) is 27.2 Å². The van der Waals surface area contributed by atoms with Gasteiger partial charge in [-0.05, 0) is 54.0 Å². The zero-order chi connectivity index (χ0) is 19.1. The fourth-order valence-electron chi connectivity index (χ4n) is 3.19. The molecule has 1 aliphatic rings. The maximum Gasteiger partial charge on any atom is 0.316 e. The monoisotopic (exact) mass is 383 g/mol. The average molecular weight is 384 g/mol. The minimum Gasteiger partial charge on any atom is -0.455 e. The molecule has 142 valence electrons. The average Bonchev–Trinajstić information content (AvgIpc) is 3.17. The summed E-state index contributed by atoms with van der Waals surface area (Å²) in [5.74, 6) is -0.214. The summed E-state index contributed by atoms with van der Waals surface area (Å²) in [6, 6.07) is 16.4. The van der Waals surface area contributed by atoms with Gasteiger partial charge >= 0.3 is 5.97 Å². The van der Waals surface area contributed by atoms with E-state index in [0.29, 0.717) is 6.54 Å². The van der Waals surface area contributed by atoms with E-state index in [2.05, 4.69) is 30.4 Å². The van der Waals surface area contributed by atoms with Crippen LogP contribution in [0, 0.1) is 0 Å². The zero-order valence-corrected chi connectivity index (χ0v) is 16.4. The molecule has 0 bridgehead atoms. The lowest BCUT2D eigenvalue weighted by molar-refractivity contribution is -0.145. The summed E-state index contributed by atoms with van der Waals surface area (Å²) < 4.78 is 5.08. The van der Waals surface area contributed by atoms with Crippen LogP contribution in [0.5, 0.6) is 0 Å². The standard InChI is InChI=1S/C22H25NO3S/c1-16(17-6-3-2-4-7-17)13-23-21(24)14-26-22(25)15-27-20-11-10-18-8-5-9-19(18)12-20/h2-4,6-7,10-12,16H,5,8-9,13-15H2,1H3,(H,23,24)/t16-/m1/s1. The van der Waals surface area contributed by atoms with Gasteiger partial charge in [0.15, 0.2) is 6.61 Å². The second-order valence-electron chi connectivity index (χ2n) is 6.85. The van der Waals surface area contributed by atoms with E-state index in [1.165, 1.54) is 34.9 Å². The summed E-state index contributed by atoms with van der Waals surface area (Å²) in [5.41, 5.74) is 3.98. The number of hydrogen-bond acceptors (Lipinski definition) is 4. The van der Waals surface area contributed by atoms with Gasteiger partial charge in [0.2, 0.25) is 0 Å². The number of thioether (sulfide) groups is 1. The number of aryl methyl sites for hydroxylation is 2. The van der Waals surface area contributed by atoms with Crippen LogP contribution in [-0.4, -0.2) is 30.8 Å². The molecule has 1 atom stereocenters. The minimum atomic E-state index is -0.369. The molecule has 5 heteroatoms. The van der Waals surface area contributed by atoms with Crippen molar-refractivity contribution in [2.24, 2.45) is 0 Å². The van der Waals surface area contributed by atoms with Crippen molar-refractivity contribution in [2.75, 3.05) is 18.9 Å². The molecule has 1 amide bonds. The highest BCUT2D eigenvalue weighted by atomic mass is 32.2. The van der Waals surface area contributed by atoms with Gasteiger partial charge in [0, 0.05) is 11.4 Å². The molecule has 3 rings (SSSR count). The molecule has 0 aromatic heterocycles. The number of fused-ring (bicyclic) bond motifs is 1. The van der Waals surface area contributed by atoms with Crippen LogP contribution < -0.4 is 5.32 Å². The summed E-state index contributed by atoms with van der Waals surface area (Å²) in [6.07, 6.45) is 3.49. The van der Waals surface area contributed by atoms with Crippen LogP contribution in [0.2, 0.25) is 0 Å². The zero-order valence-electron chi connectivity index (χ0n) is 15.6. The Hall–Kier alpha value is -2.27. The second-order valence-corrected chi connectivity index (χ2v) is 7.90. The maximum atomic E-state index is 11.9. The number of benzene rings is 2. The van der Waals surface area contributed by atoms with Crippen molar-refractivity contribution in [3.63, 3.8) is 0 Å². The van der Waals surface area contributed by atoms with Crippen molar-refractivity contribution in [3.05, 3.63) is 65.2 Å². The first-order chi connectivity index (χ1) is 13.1. The Bertz CT molecular complexity index is 791. The summed E-state index contributed by atoms with van der Waals surface area (Å²) in [7, 11) is 0. The summed E-state index contributed by atoms with van der Waals surface area (Å²) >= 11 is 1.46. The van der Waals surface area contributed by atoms with Crippen molar-refractivity contribution in [3.8, 4) is 0 Å². The van der Waals surface area contributed by atoms with Crippen LogP contribution in [0.1, 0.15) is 36.0 Å². The molecule has 0 fully saturated rings. The van der Waals surface area contributed by atoms with E-state index in [-0.39, 0.29) is 30.2 Å². The summed E-state index contributed by atoms with van der Waals surface area (Å²) in [5, 5.41) is 2.82. The molecule has 0 spiro atoms. The normalized spacial score (nSPS) is 13.7. The number of carbonyl (C=O) groups is 2. The Balaban J connectivity index is 1.34. The highest BCUT2D eigenvalue weighted by molar-refractivity contribution is 8.00. The van der Waals surface area contributed by atoms with Gasteiger partial charge in [-0.25, -0.2) is 0 Å². The quantitative estimate of drug-likeness (QED) is 0.557. The molecular weight excluding hydrogens is 358 g/mol. The van der Waals surface area contributed by atoms with E-state index in [1.54, 1.807) is 0 Å². The van der Waals surface area contributed by atoms with Crippen LogP contribution >= 0.6 is 11.8 Å². The molecule has 0 aliphatic heterocycles. The third-order valence-electron chi connectivity index (χ3n) is 4.76. The van der Waals surface area contributed by atoms with Crippen molar-refractivity contribution >= 4 is 23.6 Å².